The van der Waals surface area contributed by atoms with Gasteiger partial charge in [-0.2, -0.15) is 0 Å². The van der Waals surface area contributed by atoms with E-state index < -0.39 is 0 Å². The molecule has 2 aromatic rings. The highest BCUT2D eigenvalue weighted by Crippen LogP contribution is 2.34. The summed E-state index contributed by atoms with van der Waals surface area (Å²) in [6.07, 6.45) is 5.68. The number of allylic oxidation sites excluding steroid dienone is 2. The fourth-order valence-electron chi connectivity index (χ4n) is 3.66. The van der Waals surface area contributed by atoms with Gasteiger partial charge < -0.3 is 5.32 Å². The first-order valence-electron chi connectivity index (χ1n) is 10.2. The van der Waals surface area contributed by atoms with Crippen molar-refractivity contribution in [1.82, 2.24) is 0 Å². The number of aliphatic imine (C=N–C) groups is 1. The Balaban J connectivity index is 1.90. The second kappa shape index (κ2) is 9.03. The molecule has 0 spiro atoms. The van der Waals surface area contributed by atoms with Gasteiger partial charge >= 0.3 is 0 Å². The second-order valence-electron chi connectivity index (χ2n) is 8.00. The maximum absolute atomic E-state index is 4.97. The van der Waals surface area contributed by atoms with Gasteiger partial charge in [0, 0.05) is 5.69 Å². The van der Waals surface area contributed by atoms with Crippen molar-refractivity contribution in [3.8, 4) is 0 Å². The topological polar surface area (TPSA) is 24.4 Å². The third kappa shape index (κ3) is 4.88. The van der Waals surface area contributed by atoms with Crippen LogP contribution in [0.2, 0.25) is 0 Å². The van der Waals surface area contributed by atoms with Gasteiger partial charge in [0.05, 0.1) is 18.0 Å². The summed E-state index contributed by atoms with van der Waals surface area (Å²) >= 11 is 0. The Kier molecular flexibility index (Phi) is 6.49. The first-order chi connectivity index (χ1) is 13.1. The third-order valence-electron chi connectivity index (χ3n) is 5.20. The summed E-state index contributed by atoms with van der Waals surface area (Å²) in [6, 6.07) is 17.2. The van der Waals surface area contributed by atoms with E-state index in [1.165, 1.54) is 40.2 Å². The third-order valence-corrected chi connectivity index (χ3v) is 5.20. The first kappa shape index (κ1) is 19.4. The van der Waals surface area contributed by atoms with Crippen LogP contribution >= 0.6 is 0 Å². The van der Waals surface area contributed by atoms with Crippen LogP contribution in [0, 0.1) is 0 Å². The quantitative estimate of drug-likeness (QED) is 0.586. The molecule has 0 atom stereocenters. The molecule has 1 aliphatic carbocycles. The molecule has 0 unspecified atom stereocenters. The van der Waals surface area contributed by atoms with Crippen molar-refractivity contribution in [3.05, 3.63) is 77.0 Å². The van der Waals surface area contributed by atoms with Crippen LogP contribution in [0.15, 0.2) is 65.3 Å². The minimum Gasteiger partial charge on any atom is -0.354 e. The molecule has 3 rings (SSSR count). The monoisotopic (exact) mass is 360 g/mol. The number of rotatable bonds is 6. The largest absolute Gasteiger partial charge is 0.354 e. The Labute approximate surface area is 164 Å². The van der Waals surface area contributed by atoms with E-state index in [9.17, 15) is 0 Å². The molecule has 2 aromatic carbocycles. The van der Waals surface area contributed by atoms with E-state index in [2.05, 4.69) is 87.6 Å². The summed E-state index contributed by atoms with van der Waals surface area (Å²) in [5, 5.41) is 3.80. The van der Waals surface area contributed by atoms with Crippen molar-refractivity contribution in [2.24, 2.45) is 4.99 Å². The van der Waals surface area contributed by atoms with Gasteiger partial charge in [-0.25, -0.2) is 0 Å². The molecule has 0 bridgehead atoms. The Bertz CT molecular complexity index is 787. The minimum absolute atomic E-state index is 0.486. The van der Waals surface area contributed by atoms with Gasteiger partial charge in [-0.3, -0.25) is 4.99 Å². The van der Waals surface area contributed by atoms with Crippen molar-refractivity contribution >= 4 is 11.4 Å². The van der Waals surface area contributed by atoms with Crippen LogP contribution in [0.1, 0.15) is 75.5 Å². The van der Waals surface area contributed by atoms with E-state index in [-0.39, 0.29) is 0 Å². The maximum atomic E-state index is 4.97. The second-order valence-corrected chi connectivity index (χ2v) is 8.00. The van der Waals surface area contributed by atoms with Crippen LogP contribution in [0.3, 0.4) is 0 Å². The predicted octanol–water partition coefficient (Wildman–Crippen LogP) is 7.05. The molecule has 1 N–H and O–H groups in total. The van der Waals surface area contributed by atoms with E-state index in [0.29, 0.717) is 11.8 Å². The number of para-hydroxylation sites is 1. The van der Waals surface area contributed by atoms with Gasteiger partial charge in [0.15, 0.2) is 0 Å². The molecule has 0 saturated heterocycles. The summed E-state index contributed by atoms with van der Waals surface area (Å²) in [5.74, 6) is 0.972. The van der Waals surface area contributed by atoms with Gasteiger partial charge in [0.25, 0.3) is 0 Å². The van der Waals surface area contributed by atoms with E-state index in [0.717, 1.165) is 19.4 Å². The standard InChI is InChI=1S/C25H32N2/c1-18(2)21-13-10-14-22(19(3)4)25(21)27-24-16-9-8-15-23(24)26-17-20-11-6-5-7-12-20/h5-7,10-14,16,18-19,27H,8-9,15,17H2,1-4H3. The molecule has 0 fully saturated rings. The highest BCUT2D eigenvalue weighted by Gasteiger charge is 2.18. The van der Waals surface area contributed by atoms with Gasteiger partial charge in [0.1, 0.15) is 0 Å². The zero-order chi connectivity index (χ0) is 19.2. The fraction of sp³-hybridized carbons (Fsp3) is 0.400. The predicted molar refractivity (Wildman–Crippen MR) is 118 cm³/mol. The lowest BCUT2D eigenvalue weighted by molar-refractivity contribution is 0.832. The minimum atomic E-state index is 0.486. The molecule has 0 heterocycles. The van der Waals surface area contributed by atoms with Crippen molar-refractivity contribution in [3.63, 3.8) is 0 Å². The first-order valence-corrected chi connectivity index (χ1v) is 10.2. The number of benzene rings is 2. The average molecular weight is 361 g/mol. The maximum Gasteiger partial charge on any atom is 0.0643 e. The van der Waals surface area contributed by atoms with Crippen LogP contribution in [0.5, 0.6) is 0 Å². The molecule has 27 heavy (non-hydrogen) atoms. The average Bonchev–Trinajstić information content (AvgIpc) is 2.68. The van der Waals surface area contributed by atoms with Crippen LogP contribution in [-0.4, -0.2) is 5.71 Å². The van der Waals surface area contributed by atoms with Crippen molar-refractivity contribution in [1.29, 1.82) is 0 Å². The van der Waals surface area contributed by atoms with Gasteiger partial charge in [-0.05, 0) is 47.8 Å². The Morgan fingerprint density at radius 2 is 1.56 bits per heavy atom. The van der Waals surface area contributed by atoms with Crippen molar-refractivity contribution in [2.45, 2.75) is 65.3 Å². The van der Waals surface area contributed by atoms with E-state index in [4.69, 9.17) is 4.99 Å². The van der Waals surface area contributed by atoms with Crippen LogP contribution in [0.25, 0.3) is 0 Å². The molecular weight excluding hydrogens is 328 g/mol. The Hall–Kier alpha value is -2.35. The molecule has 1 aliphatic rings. The lowest BCUT2D eigenvalue weighted by atomic mass is 9.92. The van der Waals surface area contributed by atoms with Crippen LogP contribution < -0.4 is 5.32 Å². The number of anilines is 1. The van der Waals surface area contributed by atoms with Crippen LogP contribution in [0.4, 0.5) is 5.69 Å². The smallest absolute Gasteiger partial charge is 0.0643 e. The molecule has 0 radical (unpaired) electrons. The molecule has 0 saturated carbocycles. The van der Waals surface area contributed by atoms with Gasteiger partial charge in [-0.1, -0.05) is 82.3 Å². The zero-order valence-electron chi connectivity index (χ0n) is 17.1. The SMILES string of the molecule is CC(C)c1cccc(C(C)C)c1NC1=CCCCC1=NCc1ccccc1. The number of hydrogen-bond acceptors (Lipinski definition) is 2. The molecule has 0 aromatic heterocycles. The zero-order valence-corrected chi connectivity index (χ0v) is 17.1. The number of nitrogens with one attached hydrogen (secondary N) is 1. The molecule has 0 aliphatic heterocycles. The van der Waals surface area contributed by atoms with E-state index in [1.54, 1.807) is 0 Å². The summed E-state index contributed by atoms with van der Waals surface area (Å²) in [5.41, 5.74) is 7.72. The van der Waals surface area contributed by atoms with Gasteiger partial charge in [-0.15, -0.1) is 0 Å². The summed E-state index contributed by atoms with van der Waals surface area (Å²) in [6.45, 7) is 9.82. The fourth-order valence-corrected chi connectivity index (χ4v) is 3.66. The number of nitrogens with zero attached hydrogens (tertiary/aromatic N) is 1. The van der Waals surface area contributed by atoms with Gasteiger partial charge in [0.2, 0.25) is 0 Å². The molecule has 2 nitrogen and oxygen atoms in total. The number of hydrogen-bond donors (Lipinski definition) is 1. The van der Waals surface area contributed by atoms with Crippen molar-refractivity contribution < 1.29 is 0 Å². The lowest BCUT2D eigenvalue weighted by Gasteiger charge is -2.24. The van der Waals surface area contributed by atoms with E-state index in [1.807, 2.05) is 0 Å². The van der Waals surface area contributed by atoms with E-state index >= 15 is 0 Å². The van der Waals surface area contributed by atoms with Crippen molar-refractivity contribution in [2.75, 3.05) is 5.32 Å². The highest BCUT2D eigenvalue weighted by atomic mass is 14.9. The summed E-state index contributed by atoms with van der Waals surface area (Å²) in [4.78, 5) is 4.97. The highest BCUT2D eigenvalue weighted by molar-refractivity contribution is 6.03. The lowest BCUT2D eigenvalue weighted by Crippen LogP contribution is -2.17. The Morgan fingerprint density at radius 3 is 2.19 bits per heavy atom. The molecule has 2 heteroatoms. The normalized spacial score (nSPS) is 16.1. The molecule has 142 valence electrons. The summed E-state index contributed by atoms with van der Waals surface area (Å²) < 4.78 is 0. The molecule has 0 amide bonds. The van der Waals surface area contributed by atoms with Crippen LogP contribution in [-0.2, 0) is 6.54 Å². The molecular formula is C25H32N2. The Morgan fingerprint density at radius 1 is 0.889 bits per heavy atom. The summed E-state index contributed by atoms with van der Waals surface area (Å²) in [7, 11) is 0.